The third-order valence-electron chi connectivity index (χ3n) is 4.08. The summed E-state index contributed by atoms with van der Waals surface area (Å²) in [5.74, 6) is 0.773. The molecule has 6 nitrogen and oxygen atoms in total. The molecule has 1 unspecified atom stereocenters. The second kappa shape index (κ2) is 7.90. The second-order valence-corrected chi connectivity index (χ2v) is 10.2. The van der Waals surface area contributed by atoms with Crippen LogP contribution in [0, 0.1) is 6.92 Å². The molecule has 1 atom stereocenters. The van der Waals surface area contributed by atoms with Crippen molar-refractivity contribution in [1.82, 2.24) is 4.57 Å². The lowest BCUT2D eigenvalue weighted by molar-refractivity contribution is 0.597. The van der Waals surface area contributed by atoms with Gasteiger partial charge >= 0.3 is 0 Å². The van der Waals surface area contributed by atoms with Gasteiger partial charge < -0.3 is 5.32 Å². The van der Waals surface area contributed by atoms with Gasteiger partial charge in [0, 0.05) is 22.8 Å². The second-order valence-electron chi connectivity index (χ2n) is 6.05. The van der Waals surface area contributed by atoms with Crippen LogP contribution in [0.4, 0.5) is 17.2 Å². The largest absolute Gasteiger partial charge is 0.339 e. The molecule has 1 aliphatic rings. The maximum absolute atomic E-state index is 12.7. The minimum Gasteiger partial charge on any atom is -0.339 e. The fourth-order valence-corrected chi connectivity index (χ4v) is 6.00. The Kier molecular flexibility index (Phi) is 5.95. The summed E-state index contributed by atoms with van der Waals surface area (Å²) in [6, 6.07) is 6.78. The lowest BCUT2D eigenvalue weighted by Gasteiger charge is -2.20. The third kappa shape index (κ3) is 4.37. The highest BCUT2D eigenvalue weighted by molar-refractivity contribution is 9.10. The van der Waals surface area contributed by atoms with Crippen LogP contribution in [0.1, 0.15) is 5.56 Å². The maximum atomic E-state index is 12.7. The van der Waals surface area contributed by atoms with Crippen molar-refractivity contribution in [1.29, 1.82) is 0 Å². The summed E-state index contributed by atoms with van der Waals surface area (Å²) in [5.41, 5.74) is 1.04. The van der Waals surface area contributed by atoms with Crippen molar-refractivity contribution in [3.8, 4) is 0 Å². The molecule has 0 saturated heterocycles. The topological polar surface area (TPSA) is 80.2 Å². The zero-order valence-electron chi connectivity index (χ0n) is 14.5. The van der Waals surface area contributed by atoms with Gasteiger partial charge in [-0.3, -0.25) is 14.1 Å². The number of rotatable bonds is 5. The summed E-state index contributed by atoms with van der Waals surface area (Å²) in [7, 11) is -2.07. The smallest absolute Gasteiger partial charge is 0.254 e. The molecule has 1 aromatic carbocycles. The molecular weight excluding hydrogens is 474 g/mol. The first-order chi connectivity index (χ1) is 12.7. The van der Waals surface area contributed by atoms with Crippen molar-refractivity contribution >= 4 is 66.5 Å². The molecule has 0 bridgehead atoms. The van der Waals surface area contributed by atoms with Gasteiger partial charge in [0.1, 0.15) is 11.1 Å². The molecule has 2 aromatic rings. The first-order valence-corrected chi connectivity index (χ1v) is 11.7. The first kappa shape index (κ1) is 20.3. The molecule has 10 heteroatoms. The summed E-state index contributed by atoms with van der Waals surface area (Å²) in [4.78, 5) is 12.4. The quantitative estimate of drug-likeness (QED) is 0.656. The van der Waals surface area contributed by atoms with Gasteiger partial charge in [-0.2, -0.15) is 0 Å². The fraction of sp³-hybridized carbons (Fsp3) is 0.235. The Labute approximate surface area is 175 Å². The van der Waals surface area contributed by atoms with Gasteiger partial charge in [-0.1, -0.05) is 33.6 Å². The number of thioether (sulfide) groups is 1. The van der Waals surface area contributed by atoms with Gasteiger partial charge in [0.25, 0.3) is 5.56 Å². The molecule has 0 saturated carbocycles. The van der Waals surface area contributed by atoms with Crippen LogP contribution in [0.5, 0.6) is 0 Å². The Morgan fingerprint density at radius 1 is 1.30 bits per heavy atom. The molecule has 3 rings (SSSR count). The number of nitrogens with zero attached hydrogens (tertiary/aromatic N) is 1. The Balaban J connectivity index is 2.05. The van der Waals surface area contributed by atoms with E-state index in [1.54, 1.807) is 43.7 Å². The van der Waals surface area contributed by atoms with Gasteiger partial charge in [0.2, 0.25) is 10.0 Å². The molecule has 0 aliphatic carbocycles. The zero-order valence-corrected chi connectivity index (χ0v) is 18.5. The van der Waals surface area contributed by atoms with Gasteiger partial charge in [0.05, 0.1) is 16.4 Å². The van der Waals surface area contributed by atoms with E-state index in [2.05, 4.69) is 26.0 Å². The molecule has 0 fully saturated rings. The van der Waals surface area contributed by atoms with Crippen molar-refractivity contribution in [3.63, 3.8) is 0 Å². The number of sulfonamides is 1. The highest BCUT2D eigenvalue weighted by Gasteiger charge is 2.27. The lowest BCUT2D eigenvalue weighted by atomic mass is 10.2. The average Bonchev–Trinajstić information content (AvgIpc) is 3.13. The molecule has 1 aromatic heterocycles. The molecule has 27 heavy (non-hydrogen) atoms. The summed E-state index contributed by atoms with van der Waals surface area (Å²) in [6.45, 7) is 1.64. The van der Waals surface area contributed by atoms with Crippen LogP contribution < -0.4 is 15.6 Å². The fourth-order valence-electron chi connectivity index (χ4n) is 2.61. The summed E-state index contributed by atoms with van der Waals surface area (Å²) in [5, 5.41) is 4.66. The normalized spacial score (nSPS) is 16.5. The van der Waals surface area contributed by atoms with E-state index in [-0.39, 0.29) is 5.56 Å². The van der Waals surface area contributed by atoms with Crippen LogP contribution >= 0.6 is 39.3 Å². The molecular formula is C17H17BrClN3O3S2. The van der Waals surface area contributed by atoms with Gasteiger partial charge in [-0.15, -0.1) is 11.8 Å². The Morgan fingerprint density at radius 3 is 2.67 bits per heavy atom. The number of anilines is 3. The molecule has 144 valence electrons. The number of aromatic nitrogens is 1. The van der Waals surface area contributed by atoms with E-state index >= 15 is 0 Å². The molecule has 2 N–H and O–H groups in total. The van der Waals surface area contributed by atoms with Gasteiger partial charge in [-0.05, 0) is 36.6 Å². The molecule has 1 aliphatic heterocycles. The summed E-state index contributed by atoms with van der Waals surface area (Å²) >= 11 is 11.0. The number of hydrogen-bond donors (Lipinski definition) is 2. The van der Waals surface area contributed by atoms with E-state index in [0.717, 1.165) is 4.47 Å². The van der Waals surface area contributed by atoms with Crippen molar-refractivity contribution < 1.29 is 8.42 Å². The first-order valence-electron chi connectivity index (χ1n) is 7.91. The van der Waals surface area contributed by atoms with Crippen LogP contribution in [0.2, 0.25) is 5.02 Å². The van der Waals surface area contributed by atoms with E-state index < -0.39 is 15.3 Å². The van der Waals surface area contributed by atoms with Crippen molar-refractivity contribution in [2.24, 2.45) is 7.05 Å². The van der Waals surface area contributed by atoms with Crippen LogP contribution in [-0.2, 0) is 17.1 Å². The Bertz CT molecular complexity index is 1080. The van der Waals surface area contributed by atoms with Crippen LogP contribution in [0.3, 0.4) is 0 Å². The summed E-state index contributed by atoms with van der Waals surface area (Å²) < 4.78 is 30.2. The summed E-state index contributed by atoms with van der Waals surface area (Å²) in [6.07, 6.45) is 1.65. The lowest BCUT2D eigenvalue weighted by Crippen LogP contribution is -2.29. The monoisotopic (exact) mass is 489 g/mol. The molecule has 0 radical (unpaired) electrons. The highest BCUT2D eigenvalue weighted by atomic mass is 79.9. The SMILES string of the molecule is Cc1cc(NS(=O)(=O)C2C=CSC2)c(Nc2ccc(Br)cc2Cl)n(C)c1=O. The molecule has 0 spiro atoms. The molecule has 2 heterocycles. The van der Waals surface area contributed by atoms with Crippen LogP contribution in [-0.4, -0.2) is 24.0 Å². The number of nitrogens with one attached hydrogen (secondary N) is 2. The Morgan fingerprint density at radius 2 is 2.04 bits per heavy atom. The average molecular weight is 491 g/mol. The molecule has 0 amide bonds. The Hall–Kier alpha value is -1.42. The van der Waals surface area contributed by atoms with Crippen LogP contribution in [0.15, 0.2) is 45.0 Å². The highest BCUT2D eigenvalue weighted by Crippen LogP contribution is 2.32. The number of hydrogen-bond acceptors (Lipinski definition) is 5. The number of halogens is 2. The predicted octanol–water partition coefficient (Wildman–Crippen LogP) is 4.22. The number of benzene rings is 1. The van der Waals surface area contributed by atoms with E-state index in [1.807, 2.05) is 0 Å². The van der Waals surface area contributed by atoms with E-state index in [4.69, 9.17) is 11.6 Å². The zero-order chi connectivity index (χ0) is 19.8. The predicted molar refractivity (Wildman–Crippen MR) is 117 cm³/mol. The standard InChI is InChI=1S/C17H17BrClN3O3S2/c1-10-7-15(21-27(24,25)12-5-6-26-9-12)16(22(2)17(10)23)20-14-4-3-11(18)8-13(14)19/h3-8,12,20-21H,9H2,1-2H3. The van der Waals surface area contributed by atoms with E-state index in [1.165, 1.54) is 22.4 Å². The van der Waals surface area contributed by atoms with Crippen LogP contribution in [0.25, 0.3) is 0 Å². The van der Waals surface area contributed by atoms with E-state index in [9.17, 15) is 13.2 Å². The minimum absolute atomic E-state index is 0.231. The maximum Gasteiger partial charge on any atom is 0.254 e. The van der Waals surface area contributed by atoms with Crippen molar-refractivity contribution in [2.45, 2.75) is 12.2 Å². The number of aryl methyl sites for hydroxylation is 1. The van der Waals surface area contributed by atoms with E-state index in [0.29, 0.717) is 33.5 Å². The third-order valence-corrected chi connectivity index (χ3v) is 7.62. The van der Waals surface area contributed by atoms with Crippen molar-refractivity contribution in [3.05, 3.63) is 61.2 Å². The van der Waals surface area contributed by atoms with Crippen molar-refractivity contribution in [2.75, 3.05) is 15.8 Å². The van der Waals surface area contributed by atoms with Gasteiger partial charge in [-0.25, -0.2) is 8.42 Å². The minimum atomic E-state index is -3.64. The number of pyridine rings is 1. The van der Waals surface area contributed by atoms with Gasteiger partial charge in [0.15, 0.2) is 0 Å².